The lowest BCUT2D eigenvalue weighted by Gasteiger charge is -2.24. The Balaban J connectivity index is 1.70. The van der Waals surface area contributed by atoms with Gasteiger partial charge in [0.2, 0.25) is 0 Å². The van der Waals surface area contributed by atoms with E-state index in [9.17, 15) is 9.90 Å². The first-order chi connectivity index (χ1) is 11.6. The van der Waals surface area contributed by atoms with Gasteiger partial charge in [-0.25, -0.2) is 0 Å². The number of carbonyl (C=O) groups is 1. The zero-order valence-electron chi connectivity index (χ0n) is 13.4. The highest BCUT2D eigenvalue weighted by Crippen LogP contribution is 2.22. The van der Waals surface area contributed by atoms with Crippen LogP contribution in [0.3, 0.4) is 0 Å². The van der Waals surface area contributed by atoms with Crippen molar-refractivity contribution in [3.8, 4) is 11.1 Å². The number of aliphatic hydroxyl groups is 1. The molecule has 24 heavy (non-hydrogen) atoms. The number of rotatable bonds is 5. The molecule has 122 valence electrons. The summed E-state index contributed by atoms with van der Waals surface area (Å²) in [6.07, 6.45) is 3.23. The average Bonchev–Trinajstić information content (AvgIpc) is 3.15. The minimum absolute atomic E-state index is 0.131. The molecular formula is C20H19NO3. The van der Waals surface area contributed by atoms with E-state index < -0.39 is 5.60 Å². The van der Waals surface area contributed by atoms with Crippen molar-refractivity contribution in [2.24, 2.45) is 0 Å². The van der Waals surface area contributed by atoms with Crippen LogP contribution in [0.2, 0.25) is 0 Å². The van der Waals surface area contributed by atoms with E-state index >= 15 is 0 Å². The highest BCUT2D eigenvalue weighted by molar-refractivity contribution is 5.95. The van der Waals surface area contributed by atoms with E-state index in [2.05, 4.69) is 5.32 Å². The Labute approximate surface area is 140 Å². The smallest absolute Gasteiger partial charge is 0.251 e. The number of benzene rings is 2. The normalized spacial score (nSPS) is 13.2. The van der Waals surface area contributed by atoms with E-state index in [1.165, 1.54) is 0 Å². The molecule has 2 N–H and O–H groups in total. The SMILES string of the molecule is CC(O)(CNC(=O)c1cccc(-c2ccoc2)c1)c1ccccc1. The van der Waals surface area contributed by atoms with E-state index in [-0.39, 0.29) is 12.5 Å². The summed E-state index contributed by atoms with van der Waals surface area (Å²) in [7, 11) is 0. The number of furan rings is 1. The van der Waals surface area contributed by atoms with Crippen molar-refractivity contribution in [2.75, 3.05) is 6.54 Å². The van der Waals surface area contributed by atoms with Crippen LogP contribution >= 0.6 is 0 Å². The standard InChI is InChI=1S/C20H19NO3/c1-20(23,18-8-3-2-4-9-18)14-21-19(22)16-7-5-6-15(12-16)17-10-11-24-13-17/h2-13,23H,14H2,1H3,(H,21,22). The Morgan fingerprint density at radius 2 is 1.88 bits per heavy atom. The lowest BCUT2D eigenvalue weighted by molar-refractivity contribution is 0.0526. The molecule has 1 aromatic heterocycles. The third-order valence-corrected chi connectivity index (χ3v) is 3.97. The fourth-order valence-electron chi connectivity index (χ4n) is 2.52. The van der Waals surface area contributed by atoms with Gasteiger partial charge in [0.05, 0.1) is 19.1 Å². The summed E-state index contributed by atoms with van der Waals surface area (Å²) in [6, 6.07) is 18.4. The molecule has 0 fully saturated rings. The molecule has 0 saturated carbocycles. The Hall–Kier alpha value is -2.85. The van der Waals surface area contributed by atoms with Gasteiger partial charge in [-0.1, -0.05) is 42.5 Å². The summed E-state index contributed by atoms with van der Waals surface area (Å²) in [6.45, 7) is 1.82. The van der Waals surface area contributed by atoms with Gasteiger partial charge in [-0.2, -0.15) is 0 Å². The summed E-state index contributed by atoms with van der Waals surface area (Å²) in [5.74, 6) is -0.225. The Kier molecular flexibility index (Phi) is 4.49. The second kappa shape index (κ2) is 6.72. The van der Waals surface area contributed by atoms with Gasteiger partial charge < -0.3 is 14.8 Å². The van der Waals surface area contributed by atoms with Crippen molar-refractivity contribution >= 4 is 5.91 Å². The molecule has 0 aliphatic carbocycles. The van der Waals surface area contributed by atoms with Gasteiger partial charge in [-0.05, 0) is 36.2 Å². The lowest BCUT2D eigenvalue weighted by Crippen LogP contribution is -2.38. The van der Waals surface area contributed by atoms with Gasteiger partial charge in [-0.15, -0.1) is 0 Å². The maximum atomic E-state index is 12.4. The lowest BCUT2D eigenvalue weighted by atomic mass is 9.96. The molecule has 0 spiro atoms. The van der Waals surface area contributed by atoms with Gasteiger partial charge in [0, 0.05) is 11.1 Å². The molecule has 4 heteroatoms. The minimum atomic E-state index is -1.13. The van der Waals surface area contributed by atoms with Crippen LogP contribution in [0.1, 0.15) is 22.8 Å². The molecule has 0 radical (unpaired) electrons. The zero-order chi connectivity index (χ0) is 17.0. The van der Waals surface area contributed by atoms with Gasteiger partial charge in [0.1, 0.15) is 5.60 Å². The Bertz CT molecular complexity index is 808. The van der Waals surface area contributed by atoms with E-state index in [1.807, 2.05) is 48.5 Å². The molecule has 1 unspecified atom stereocenters. The molecule has 2 aromatic carbocycles. The molecule has 3 rings (SSSR count). The van der Waals surface area contributed by atoms with E-state index in [4.69, 9.17) is 4.42 Å². The Morgan fingerprint density at radius 3 is 2.58 bits per heavy atom. The molecular weight excluding hydrogens is 302 g/mol. The second-order valence-electron chi connectivity index (χ2n) is 5.92. The fraction of sp³-hybridized carbons (Fsp3) is 0.150. The fourth-order valence-corrected chi connectivity index (χ4v) is 2.52. The first-order valence-corrected chi connectivity index (χ1v) is 7.75. The van der Waals surface area contributed by atoms with Crippen molar-refractivity contribution in [2.45, 2.75) is 12.5 Å². The van der Waals surface area contributed by atoms with Gasteiger partial charge >= 0.3 is 0 Å². The number of nitrogens with one attached hydrogen (secondary N) is 1. The summed E-state index contributed by atoms with van der Waals surface area (Å²) in [4.78, 5) is 12.4. The van der Waals surface area contributed by atoms with Crippen LogP contribution in [0.25, 0.3) is 11.1 Å². The molecule has 1 amide bonds. The third kappa shape index (κ3) is 3.55. The molecule has 3 aromatic rings. The minimum Gasteiger partial charge on any atom is -0.472 e. The first kappa shape index (κ1) is 16.0. The van der Waals surface area contributed by atoms with Crippen LogP contribution in [-0.4, -0.2) is 17.6 Å². The van der Waals surface area contributed by atoms with Crippen molar-refractivity contribution in [3.63, 3.8) is 0 Å². The van der Waals surface area contributed by atoms with Gasteiger partial charge in [0.15, 0.2) is 0 Å². The largest absolute Gasteiger partial charge is 0.472 e. The number of amides is 1. The molecule has 1 atom stereocenters. The van der Waals surface area contributed by atoms with E-state index in [0.29, 0.717) is 5.56 Å². The van der Waals surface area contributed by atoms with Crippen LogP contribution < -0.4 is 5.32 Å². The van der Waals surface area contributed by atoms with Crippen molar-refractivity contribution in [1.82, 2.24) is 5.32 Å². The van der Waals surface area contributed by atoms with Gasteiger partial charge in [-0.3, -0.25) is 4.79 Å². The number of hydrogen-bond donors (Lipinski definition) is 2. The molecule has 1 heterocycles. The van der Waals surface area contributed by atoms with E-state index in [0.717, 1.165) is 16.7 Å². The van der Waals surface area contributed by atoms with E-state index in [1.54, 1.807) is 31.6 Å². The molecule has 0 bridgehead atoms. The molecule has 0 aliphatic heterocycles. The summed E-state index contributed by atoms with van der Waals surface area (Å²) in [5, 5.41) is 13.4. The van der Waals surface area contributed by atoms with Crippen LogP contribution in [0.15, 0.2) is 77.6 Å². The molecule has 4 nitrogen and oxygen atoms in total. The first-order valence-electron chi connectivity index (χ1n) is 7.75. The monoisotopic (exact) mass is 321 g/mol. The van der Waals surface area contributed by atoms with Crippen molar-refractivity contribution in [1.29, 1.82) is 0 Å². The van der Waals surface area contributed by atoms with Crippen molar-refractivity contribution in [3.05, 3.63) is 84.3 Å². The zero-order valence-corrected chi connectivity index (χ0v) is 13.4. The predicted octanol–water partition coefficient (Wildman–Crippen LogP) is 3.58. The van der Waals surface area contributed by atoms with Crippen molar-refractivity contribution < 1.29 is 14.3 Å². The highest BCUT2D eigenvalue weighted by Gasteiger charge is 2.23. The maximum Gasteiger partial charge on any atom is 0.251 e. The highest BCUT2D eigenvalue weighted by atomic mass is 16.3. The van der Waals surface area contributed by atoms with Gasteiger partial charge in [0.25, 0.3) is 5.91 Å². The summed E-state index contributed by atoms with van der Waals surface area (Å²) < 4.78 is 5.08. The number of carbonyl (C=O) groups excluding carboxylic acids is 1. The summed E-state index contributed by atoms with van der Waals surface area (Å²) >= 11 is 0. The summed E-state index contributed by atoms with van der Waals surface area (Å²) in [5.41, 5.74) is 2.00. The topological polar surface area (TPSA) is 62.5 Å². The maximum absolute atomic E-state index is 12.4. The molecule has 0 aliphatic rings. The average molecular weight is 321 g/mol. The third-order valence-electron chi connectivity index (χ3n) is 3.97. The number of hydrogen-bond acceptors (Lipinski definition) is 3. The predicted molar refractivity (Wildman–Crippen MR) is 92.5 cm³/mol. The second-order valence-corrected chi connectivity index (χ2v) is 5.92. The quantitative estimate of drug-likeness (QED) is 0.755. The van der Waals surface area contributed by atoms with Crippen LogP contribution in [-0.2, 0) is 5.60 Å². The van der Waals surface area contributed by atoms with Crippen LogP contribution in [0.4, 0.5) is 0 Å². The Morgan fingerprint density at radius 1 is 1.08 bits per heavy atom. The van der Waals surface area contributed by atoms with Crippen LogP contribution in [0.5, 0.6) is 0 Å². The molecule has 0 saturated heterocycles. The van der Waals surface area contributed by atoms with Crippen LogP contribution in [0, 0.1) is 0 Å².